The van der Waals surface area contributed by atoms with E-state index in [9.17, 15) is 19.1 Å². The predicted molar refractivity (Wildman–Crippen MR) is 114 cm³/mol. The van der Waals surface area contributed by atoms with E-state index in [2.05, 4.69) is 0 Å². The van der Waals surface area contributed by atoms with Crippen LogP contribution in [0.4, 0.5) is 4.39 Å². The Kier molecular flexibility index (Phi) is 6.75. The number of carbonyl (C=O) groups excluding carboxylic acids is 2. The van der Waals surface area contributed by atoms with E-state index >= 15 is 0 Å². The van der Waals surface area contributed by atoms with Crippen LogP contribution >= 0.6 is 0 Å². The number of hydrogen-bond acceptors (Lipinski definition) is 5. The first-order valence-electron chi connectivity index (χ1n) is 10.0. The zero-order valence-corrected chi connectivity index (χ0v) is 18.0. The molecule has 0 aliphatic carbocycles. The van der Waals surface area contributed by atoms with Crippen molar-refractivity contribution in [1.29, 1.82) is 0 Å². The molecular weight excluding hydrogens is 401 g/mol. The zero-order valence-electron chi connectivity index (χ0n) is 18.0. The van der Waals surface area contributed by atoms with Gasteiger partial charge in [-0.2, -0.15) is 0 Å². The van der Waals surface area contributed by atoms with Gasteiger partial charge in [-0.15, -0.1) is 0 Å². The standard InChI is InChI=1S/C24H26FNO5/c1-14(2)31-11-10-26-21(16-6-5-7-18(13-16)30-4)20(23(28)24(26)29)22(27)17-8-9-19(25)15(3)12-17/h5-9,12-14,21,27H,10-11H2,1-4H3/b22-20-. The molecule has 1 unspecified atom stereocenters. The molecule has 1 aliphatic heterocycles. The largest absolute Gasteiger partial charge is 0.507 e. The smallest absolute Gasteiger partial charge is 0.295 e. The number of hydrogen-bond donors (Lipinski definition) is 1. The molecule has 1 heterocycles. The van der Waals surface area contributed by atoms with Crippen LogP contribution in [-0.4, -0.2) is 48.1 Å². The Labute approximate surface area is 180 Å². The number of aliphatic hydroxyl groups is 1. The molecule has 3 rings (SSSR count). The van der Waals surface area contributed by atoms with Crippen molar-refractivity contribution in [3.05, 3.63) is 70.5 Å². The monoisotopic (exact) mass is 427 g/mol. The second kappa shape index (κ2) is 9.31. The van der Waals surface area contributed by atoms with Crippen molar-refractivity contribution in [2.24, 2.45) is 0 Å². The summed E-state index contributed by atoms with van der Waals surface area (Å²) in [6.45, 7) is 5.73. The number of halogens is 1. The average molecular weight is 427 g/mol. The summed E-state index contributed by atoms with van der Waals surface area (Å²) in [7, 11) is 1.52. The summed E-state index contributed by atoms with van der Waals surface area (Å²) >= 11 is 0. The summed E-state index contributed by atoms with van der Waals surface area (Å²) in [5, 5.41) is 11.0. The van der Waals surface area contributed by atoms with Crippen molar-refractivity contribution >= 4 is 17.4 Å². The van der Waals surface area contributed by atoms with Crippen molar-refractivity contribution in [3.8, 4) is 5.75 Å². The van der Waals surface area contributed by atoms with Gasteiger partial charge in [0.15, 0.2) is 0 Å². The van der Waals surface area contributed by atoms with Gasteiger partial charge in [0.25, 0.3) is 11.7 Å². The molecule has 1 aliphatic rings. The Morgan fingerprint density at radius 2 is 1.94 bits per heavy atom. The molecule has 1 N–H and O–H groups in total. The van der Waals surface area contributed by atoms with E-state index in [-0.39, 0.29) is 36.2 Å². The number of amides is 1. The number of Topliss-reactive ketones (excluding diaryl/α,β-unsaturated/α-hetero) is 1. The molecule has 2 aromatic carbocycles. The average Bonchev–Trinajstić information content (AvgIpc) is 3.00. The van der Waals surface area contributed by atoms with E-state index in [1.165, 1.54) is 30.2 Å². The van der Waals surface area contributed by atoms with Gasteiger partial charge < -0.3 is 19.5 Å². The third kappa shape index (κ3) is 4.61. The van der Waals surface area contributed by atoms with Crippen LogP contribution in [-0.2, 0) is 14.3 Å². The van der Waals surface area contributed by atoms with Gasteiger partial charge in [-0.3, -0.25) is 9.59 Å². The predicted octanol–water partition coefficient (Wildman–Crippen LogP) is 3.99. The van der Waals surface area contributed by atoms with Gasteiger partial charge in [-0.05, 0) is 62.2 Å². The van der Waals surface area contributed by atoms with Crippen molar-refractivity contribution in [3.63, 3.8) is 0 Å². The molecule has 164 valence electrons. The normalized spacial score (nSPS) is 18.1. The van der Waals surface area contributed by atoms with Crippen LogP contribution < -0.4 is 4.74 Å². The van der Waals surface area contributed by atoms with Gasteiger partial charge >= 0.3 is 0 Å². The number of aliphatic hydroxyl groups excluding tert-OH is 1. The van der Waals surface area contributed by atoms with Crippen molar-refractivity contribution in [2.45, 2.75) is 32.9 Å². The molecule has 0 aromatic heterocycles. The Bertz CT molecular complexity index is 1030. The van der Waals surface area contributed by atoms with Gasteiger partial charge in [0.1, 0.15) is 17.3 Å². The fourth-order valence-corrected chi connectivity index (χ4v) is 3.60. The highest BCUT2D eigenvalue weighted by molar-refractivity contribution is 6.46. The summed E-state index contributed by atoms with van der Waals surface area (Å²) in [5.41, 5.74) is 1.15. The molecule has 1 atom stereocenters. The number of nitrogens with zero attached hydrogens (tertiary/aromatic N) is 1. The molecule has 0 bridgehead atoms. The van der Waals surface area contributed by atoms with E-state index in [1.54, 1.807) is 31.2 Å². The van der Waals surface area contributed by atoms with Crippen molar-refractivity contribution in [2.75, 3.05) is 20.3 Å². The number of benzene rings is 2. The van der Waals surface area contributed by atoms with Crippen molar-refractivity contribution < 1.29 is 28.6 Å². The molecular formula is C24H26FNO5. The van der Waals surface area contributed by atoms with E-state index in [1.807, 2.05) is 13.8 Å². The topological polar surface area (TPSA) is 76.1 Å². The number of ketones is 1. The summed E-state index contributed by atoms with van der Waals surface area (Å²) in [6, 6.07) is 10.2. The quantitative estimate of drug-likeness (QED) is 0.411. The minimum absolute atomic E-state index is 0.0331. The first-order valence-corrected chi connectivity index (χ1v) is 10.0. The van der Waals surface area contributed by atoms with E-state index in [0.717, 1.165) is 0 Å². The highest BCUT2D eigenvalue weighted by Crippen LogP contribution is 2.40. The summed E-state index contributed by atoms with van der Waals surface area (Å²) in [6.07, 6.45) is -0.0331. The maximum atomic E-state index is 13.7. The summed E-state index contributed by atoms with van der Waals surface area (Å²) < 4.78 is 24.6. The molecule has 2 aromatic rings. The lowest BCUT2D eigenvalue weighted by Gasteiger charge is -2.26. The molecule has 6 nitrogen and oxygen atoms in total. The second-order valence-corrected chi connectivity index (χ2v) is 7.65. The second-order valence-electron chi connectivity index (χ2n) is 7.65. The van der Waals surface area contributed by atoms with E-state index in [0.29, 0.717) is 16.9 Å². The molecule has 7 heteroatoms. The molecule has 1 saturated heterocycles. The fourth-order valence-electron chi connectivity index (χ4n) is 3.60. The minimum Gasteiger partial charge on any atom is -0.507 e. The van der Waals surface area contributed by atoms with E-state index in [4.69, 9.17) is 9.47 Å². The molecule has 0 saturated carbocycles. The van der Waals surface area contributed by atoms with Crippen LogP contribution in [0.3, 0.4) is 0 Å². The third-order valence-corrected chi connectivity index (χ3v) is 5.16. The Morgan fingerprint density at radius 1 is 1.19 bits per heavy atom. The fraction of sp³-hybridized carbons (Fsp3) is 0.333. The number of likely N-dealkylation sites (tertiary alicyclic amines) is 1. The van der Waals surface area contributed by atoms with E-state index < -0.39 is 23.5 Å². The Hall–Kier alpha value is -3.19. The third-order valence-electron chi connectivity index (χ3n) is 5.16. The highest BCUT2D eigenvalue weighted by atomic mass is 19.1. The van der Waals surface area contributed by atoms with Crippen LogP contribution in [0.15, 0.2) is 48.0 Å². The number of ether oxygens (including phenoxy) is 2. The van der Waals surface area contributed by atoms with Gasteiger partial charge in [0.05, 0.1) is 31.4 Å². The highest BCUT2D eigenvalue weighted by Gasteiger charge is 2.46. The SMILES string of the molecule is COc1cccc(C2/C(=C(/O)c3ccc(F)c(C)c3)C(=O)C(=O)N2CCOC(C)C)c1. The van der Waals surface area contributed by atoms with Crippen LogP contribution in [0, 0.1) is 12.7 Å². The van der Waals surface area contributed by atoms with Crippen LogP contribution in [0.5, 0.6) is 5.75 Å². The number of carbonyl (C=O) groups is 2. The van der Waals surface area contributed by atoms with Crippen LogP contribution in [0.2, 0.25) is 0 Å². The molecule has 1 fully saturated rings. The number of rotatable bonds is 7. The van der Waals surface area contributed by atoms with Crippen LogP contribution in [0.1, 0.15) is 36.6 Å². The van der Waals surface area contributed by atoms with Crippen molar-refractivity contribution in [1.82, 2.24) is 4.90 Å². The van der Waals surface area contributed by atoms with Crippen LogP contribution in [0.25, 0.3) is 5.76 Å². The molecule has 0 spiro atoms. The zero-order chi connectivity index (χ0) is 22.7. The van der Waals surface area contributed by atoms with Gasteiger partial charge in [-0.25, -0.2) is 4.39 Å². The molecule has 31 heavy (non-hydrogen) atoms. The lowest BCUT2D eigenvalue weighted by molar-refractivity contribution is -0.140. The molecule has 1 amide bonds. The Morgan fingerprint density at radius 3 is 2.58 bits per heavy atom. The Balaban J connectivity index is 2.13. The molecule has 0 radical (unpaired) electrons. The lowest BCUT2D eigenvalue weighted by atomic mass is 9.94. The minimum atomic E-state index is -0.823. The number of methoxy groups -OCH3 is 1. The first-order chi connectivity index (χ1) is 14.7. The lowest BCUT2D eigenvalue weighted by Crippen LogP contribution is -2.33. The summed E-state index contributed by atoms with van der Waals surface area (Å²) in [4.78, 5) is 27.2. The number of aryl methyl sites for hydroxylation is 1. The maximum absolute atomic E-state index is 13.7. The van der Waals surface area contributed by atoms with Gasteiger partial charge in [0.2, 0.25) is 0 Å². The van der Waals surface area contributed by atoms with Gasteiger partial charge in [-0.1, -0.05) is 12.1 Å². The summed E-state index contributed by atoms with van der Waals surface area (Å²) in [5.74, 6) is -1.73. The maximum Gasteiger partial charge on any atom is 0.295 e. The van der Waals surface area contributed by atoms with Gasteiger partial charge in [0, 0.05) is 12.1 Å². The first kappa shape index (κ1) is 22.5.